The maximum Gasteiger partial charge on any atom is 0.425 e. The summed E-state index contributed by atoms with van der Waals surface area (Å²) < 4.78 is 39.3. The van der Waals surface area contributed by atoms with Crippen molar-refractivity contribution in [3.63, 3.8) is 0 Å². The van der Waals surface area contributed by atoms with E-state index < -0.39 is 82.4 Å². The van der Waals surface area contributed by atoms with E-state index in [9.17, 15) is 33.6 Å². The third-order valence-electron chi connectivity index (χ3n) is 13.2. The molecule has 5 amide bonds. The average Bonchev–Trinajstić information content (AvgIpc) is 1.56. The number of nitrogens with zero attached hydrogens (tertiary/aromatic N) is 13. The van der Waals surface area contributed by atoms with E-state index in [1.165, 1.54) is 28.3 Å². The second kappa shape index (κ2) is 24.7. The first-order valence-corrected chi connectivity index (χ1v) is 28.4. The Balaban J connectivity index is 0.000000250. The maximum atomic E-state index is 13.7. The zero-order valence-corrected chi connectivity index (χ0v) is 52.8. The minimum absolute atomic E-state index is 0.0162. The molecule has 0 saturated carbocycles. The first-order valence-electron chi connectivity index (χ1n) is 28.4. The molecule has 4 atom stereocenters. The fourth-order valence-electron chi connectivity index (χ4n) is 9.70. The number of anilines is 2. The Bertz CT molecular complexity index is 3480. The Hall–Kier alpha value is -8.65. The minimum atomic E-state index is -0.978. The van der Waals surface area contributed by atoms with Gasteiger partial charge < -0.3 is 28.4 Å². The number of ketones is 1. The van der Waals surface area contributed by atoms with Crippen LogP contribution in [0.15, 0.2) is 49.3 Å². The van der Waals surface area contributed by atoms with Gasteiger partial charge in [0.15, 0.2) is 22.9 Å². The summed E-state index contributed by atoms with van der Waals surface area (Å²) in [6.07, 6.45) is 8.22. The van der Waals surface area contributed by atoms with Crippen LogP contribution in [0, 0.1) is 0 Å². The molecule has 86 heavy (non-hydrogen) atoms. The molecule has 0 unspecified atom stereocenters. The molecule has 2 aliphatic rings. The van der Waals surface area contributed by atoms with Crippen LogP contribution in [-0.2, 0) is 52.1 Å². The summed E-state index contributed by atoms with van der Waals surface area (Å²) in [5.74, 6) is -0.921. The van der Waals surface area contributed by atoms with E-state index in [1.807, 2.05) is 13.2 Å². The number of esters is 1. The SMILES string of the molecule is CC(=O)[C@@H]1CC[C@H](c2cc(NC(=O)OC(C)(C)C)n3ncc(-c4cnn(C)c4)c3n2)CN1C(=O)OC(C)(C)C.COC(=O)[C@@H]1CC[C@H](c2cc(N(C(=O)OC(C)(C)C)C(=O)OC(C)(C)C)n3ncc(-c4cnn(C)c4)c3n2)CN1C(=O)OC(C)(C)C. The zero-order chi connectivity index (χ0) is 63.8. The molecule has 466 valence electrons. The van der Waals surface area contributed by atoms with E-state index in [1.54, 1.807) is 168 Å². The first kappa shape index (κ1) is 64.9. The predicted molar refractivity (Wildman–Crippen MR) is 315 cm³/mol. The smallest absolute Gasteiger partial charge is 0.425 e. The van der Waals surface area contributed by atoms with Crippen molar-refractivity contribution in [3.8, 4) is 22.3 Å². The van der Waals surface area contributed by atoms with Crippen LogP contribution >= 0.6 is 0 Å². The van der Waals surface area contributed by atoms with Gasteiger partial charge in [0, 0.05) is 85.8 Å². The van der Waals surface area contributed by atoms with Crippen molar-refractivity contribution in [2.24, 2.45) is 14.1 Å². The number of nitrogens with one attached hydrogen (secondary N) is 1. The number of piperidine rings is 2. The van der Waals surface area contributed by atoms with Crippen LogP contribution < -0.4 is 10.2 Å². The summed E-state index contributed by atoms with van der Waals surface area (Å²) in [6, 6.07) is 1.86. The fraction of sp³-hybridized carbons (Fsp3) is 0.576. The Kier molecular flexibility index (Phi) is 18.7. The van der Waals surface area contributed by atoms with Crippen molar-refractivity contribution in [1.82, 2.24) is 58.6 Å². The van der Waals surface area contributed by atoms with E-state index in [4.69, 9.17) is 38.4 Å². The number of carbonyl (C=O) groups excluding carboxylic acids is 7. The lowest BCUT2D eigenvalue weighted by Gasteiger charge is -2.39. The van der Waals surface area contributed by atoms with E-state index in [0.717, 1.165) is 16.0 Å². The number of hydrogen-bond acceptors (Lipinski definition) is 19. The van der Waals surface area contributed by atoms with Gasteiger partial charge >= 0.3 is 36.4 Å². The molecule has 1 N–H and O–H groups in total. The van der Waals surface area contributed by atoms with Crippen LogP contribution in [0.2, 0.25) is 0 Å². The molecule has 2 aliphatic heterocycles. The van der Waals surface area contributed by atoms with Gasteiger partial charge in [0.25, 0.3) is 0 Å². The Morgan fingerprint density at radius 3 is 1.37 bits per heavy atom. The van der Waals surface area contributed by atoms with Crippen LogP contribution in [0.3, 0.4) is 0 Å². The van der Waals surface area contributed by atoms with Gasteiger partial charge in [-0.05, 0) is 136 Å². The maximum absolute atomic E-state index is 13.7. The third-order valence-corrected chi connectivity index (χ3v) is 13.2. The lowest BCUT2D eigenvalue weighted by molar-refractivity contribution is -0.148. The van der Waals surface area contributed by atoms with Gasteiger partial charge in [0.05, 0.1) is 49.3 Å². The summed E-state index contributed by atoms with van der Waals surface area (Å²) in [4.78, 5) is 105. The number of methoxy groups -OCH3 is 1. The van der Waals surface area contributed by atoms with Crippen molar-refractivity contribution in [2.75, 3.05) is 30.4 Å². The molecule has 0 radical (unpaired) electrons. The lowest BCUT2D eigenvalue weighted by atomic mass is 9.89. The van der Waals surface area contributed by atoms with Gasteiger partial charge in [-0.1, -0.05) is 0 Å². The number of likely N-dealkylation sites (tertiary alicyclic amines) is 2. The number of ether oxygens (including phenoxy) is 6. The molecule has 27 heteroatoms. The Morgan fingerprint density at radius 1 is 0.535 bits per heavy atom. The highest BCUT2D eigenvalue weighted by atomic mass is 16.6. The van der Waals surface area contributed by atoms with Gasteiger partial charge in [0.1, 0.15) is 39.9 Å². The second-order valence-electron chi connectivity index (χ2n) is 26.4. The molecule has 27 nitrogen and oxygen atoms in total. The van der Waals surface area contributed by atoms with Crippen LogP contribution in [0.1, 0.15) is 160 Å². The molecule has 0 bridgehead atoms. The van der Waals surface area contributed by atoms with Crippen molar-refractivity contribution >= 4 is 65.1 Å². The summed E-state index contributed by atoms with van der Waals surface area (Å²) in [6.45, 7) is 27.8. The number of hydrogen-bond donors (Lipinski definition) is 1. The van der Waals surface area contributed by atoms with E-state index in [0.29, 0.717) is 58.9 Å². The number of aromatic nitrogens is 10. The standard InChI is InChI=1S/C32H45N7O8.C27H37N7O5/c1-30(2,3)45-27(41)37-18-19(12-13-23(37)26(40)44-11)22-14-24(38(28(42)46-31(4,5)6)29(43)47-32(7,8)9)39-25(35-22)21(16-34-39)20-15-33-36(10)17-20;1-16(35)21-10-9-17(15-33(21)25(37)39-27(5,6)7)20-11-22(31-24(36)38-26(2,3)4)34-23(30-20)19(13-29-34)18-12-28-32(8)14-18/h14-17,19,23H,12-13,18H2,1-11H3;11-14,17,21H,9-10,15H2,1-8H3,(H,31,36)/t19-,23-;17-,21-/m00/s1. The van der Waals surface area contributed by atoms with Crippen LogP contribution in [0.4, 0.5) is 35.6 Å². The number of fused-ring (bicyclic) bond motifs is 2. The van der Waals surface area contributed by atoms with Gasteiger partial charge in [0.2, 0.25) is 0 Å². The normalized spacial score (nSPS) is 17.7. The topological polar surface area (TPSA) is 293 Å². The Morgan fingerprint density at radius 2 is 0.953 bits per heavy atom. The highest BCUT2D eigenvalue weighted by molar-refractivity contribution is 6.09. The molecule has 0 spiro atoms. The molecule has 6 aromatic heterocycles. The fourth-order valence-corrected chi connectivity index (χ4v) is 9.70. The Labute approximate surface area is 499 Å². The molecule has 6 aromatic rings. The quantitative estimate of drug-likeness (QED) is 0.109. The van der Waals surface area contributed by atoms with E-state index in [2.05, 4.69) is 25.7 Å². The van der Waals surface area contributed by atoms with Crippen LogP contribution in [0.25, 0.3) is 33.5 Å². The molecular formula is C59H82N14O13. The first-order chi connectivity index (χ1) is 39.8. The monoisotopic (exact) mass is 1190 g/mol. The summed E-state index contributed by atoms with van der Waals surface area (Å²) in [5.41, 5.74) is 0.654. The zero-order valence-electron chi connectivity index (χ0n) is 52.8. The van der Waals surface area contributed by atoms with E-state index >= 15 is 0 Å². The predicted octanol–water partition coefficient (Wildman–Crippen LogP) is 10.0. The number of rotatable bonds is 8. The molecule has 2 saturated heterocycles. The molecule has 8 rings (SSSR count). The molecular weight excluding hydrogens is 1110 g/mol. The number of aryl methyl sites for hydroxylation is 2. The van der Waals surface area contributed by atoms with Gasteiger partial charge in [-0.25, -0.2) is 38.7 Å². The summed E-state index contributed by atoms with van der Waals surface area (Å²) >= 11 is 0. The third kappa shape index (κ3) is 16.2. The number of imide groups is 1. The summed E-state index contributed by atoms with van der Waals surface area (Å²) in [5, 5.41) is 20.3. The van der Waals surface area contributed by atoms with Crippen molar-refractivity contribution in [2.45, 2.75) is 188 Å². The number of Topliss-reactive ketones (excluding diaryl/α,β-unsaturated/α-hetero) is 1. The minimum Gasteiger partial charge on any atom is -0.467 e. The van der Waals surface area contributed by atoms with Gasteiger partial charge in [-0.15, -0.1) is 0 Å². The molecule has 0 aromatic carbocycles. The summed E-state index contributed by atoms with van der Waals surface area (Å²) in [7, 11) is 4.87. The highest BCUT2D eigenvalue weighted by Crippen LogP contribution is 2.38. The van der Waals surface area contributed by atoms with Gasteiger partial charge in [-0.2, -0.15) is 34.3 Å². The van der Waals surface area contributed by atoms with Crippen molar-refractivity contribution in [3.05, 3.63) is 60.7 Å². The van der Waals surface area contributed by atoms with Crippen molar-refractivity contribution < 1.29 is 62.0 Å². The van der Waals surface area contributed by atoms with Crippen LogP contribution in [-0.4, -0.2) is 161 Å². The van der Waals surface area contributed by atoms with Crippen molar-refractivity contribution in [1.29, 1.82) is 0 Å². The average molecular weight is 1200 g/mol. The molecule has 0 aliphatic carbocycles. The number of carbonyl (C=O) groups is 7. The second-order valence-corrected chi connectivity index (χ2v) is 26.4. The largest absolute Gasteiger partial charge is 0.467 e. The van der Waals surface area contributed by atoms with Crippen LogP contribution in [0.5, 0.6) is 0 Å². The highest BCUT2D eigenvalue weighted by Gasteiger charge is 2.43. The molecule has 8 heterocycles. The van der Waals surface area contributed by atoms with Gasteiger partial charge in [-0.3, -0.25) is 29.3 Å². The van der Waals surface area contributed by atoms with E-state index in [-0.39, 0.29) is 37.0 Å². The lowest BCUT2D eigenvalue weighted by Crippen LogP contribution is -2.52. The number of amides is 5. The molecule has 2 fully saturated rings.